The maximum Gasteiger partial charge on any atom is 0.401 e. The Hall–Kier alpha value is -0.760. The van der Waals surface area contributed by atoms with Crippen molar-refractivity contribution in [3.63, 3.8) is 0 Å². The number of hydrogen-bond acceptors (Lipinski definition) is 2. The van der Waals surface area contributed by atoms with E-state index in [0.717, 1.165) is 12.8 Å². The van der Waals surface area contributed by atoms with Gasteiger partial charge in [0.2, 0.25) is 0 Å². The van der Waals surface area contributed by atoms with Gasteiger partial charge in [0.25, 0.3) is 0 Å². The lowest BCUT2D eigenvalue weighted by molar-refractivity contribution is -0.128. The number of rotatable bonds is 2. The second-order valence-corrected chi connectivity index (χ2v) is 6.30. The quantitative estimate of drug-likeness (QED) is 0.824. The molecule has 0 heterocycles. The van der Waals surface area contributed by atoms with Gasteiger partial charge in [-0.3, -0.25) is 5.32 Å². The average Bonchev–Trinajstić information content (AvgIpc) is 2.25. The fourth-order valence-electron chi connectivity index (χ4n) is 2.57. The summed E-state index contributed by atoms with van der Waals surface area (Å²) >= 11 is 0. The van der Waals surface area contributed by atoms with E-state index >= 15 is 0 Å². The summed E-state index contributed by atoms with van der Waals surface area (Å²) in [4.78, 5) is 0. The Morgan fingerprint density at radius 1 is 1.22 bits per heavy atom. The Morgan fingerprint density at radius 3 is 2.06 bits per heavy atom. The molecular formula is C13H21F3N2. The van der Waals surface area contributed by atoms with E-state index in [1.165, 1.54) is 0 Å². The van der Waals surface area contributed by atoms with Crippen LogP contribution < -0.4 is 5.32 Å². The van der Waals surface area contributed by atoms with Crippen LogP contribution in [0.15, 0.2) is 0 Å². The molecule has 0 unspecified atom stereocenters. The standard InChI is InChI=1S/C13H21F3N2/c1-11(2,3)10-4-6-12(8-17,7-5-10)18-9-13(14,15)16/h10,18H,4-7,9H2,1-3H3. The van der Waals surface area contributed by atoms with Crippen molar-refractivity contribution in [1.82, 2.24) is 5.32 Å². The van der Waals surface area contributed by atoms with E-state index in [0.29, 0.717) is 18.8 Å². The normalized spacial score (nSPS) is 29.9. The van der Waals surface area contributed by atoms with Crippen LogP contribution in [0.2, 0.25) is 0 Å². The highest BCUT2D eigenvalue weighted by Crippen LogP contribution is 2.41. The summed E-state index contributed by atoms with van der Waals surface area (Å²) in [6.45, 7) is 5.33. The van der Waals surface area contributed by atoms with Crippen LogP contribution in [0, 0.1) is 22.7 Å². The van der Waals surface area contributed by atoms with Gasteiger partial charge in [0.1, 0.15) is 5.54 Å². The molecule has 1 aliphatic carbocycles. The number of nitriles is 1. The maximum atomic E-state index is 12.2. The smallest absolute Gasteiger partial charge is 0.291 e. The van der Waals surface area contributed by atoms with Crippen LogP contribution in [0.5, 0.6) is 0 Å². The Bertz CT molecular complexity index is 315. The molecule has 0 aliphatic heterocycles. The van der Waals surface area contributed by atoms with Crippen molar-refractivity contribution in [1.29, 1.82) is 5.26 Å². The molecule has 5 heteroatoms. The second-order valence-electron chi connectivity index (χ2n) is 6.30. The molecule has 1 aliphatic rings. The van der Waals surface area contributed by atoms with Gasteiger partial charge in [0.05, 0.1) is 12.6 Å². The lowest BCUT2D eigenvalue weighted by Gasteiger charge is -2.41. The fourth-order valence-corrected chi connectivity index (χ4v) is 2.57. The Labute approximate surface area is 107 Å². The first kappa shape index (κ1) is 15.3. The summed E-state index contributed by atoms with van der Waals surface area (Å²) in [6.07, 6.45) is -1.64. The molecule has 1 fully saturated rings. The molecule has 18 heavy (non-hydrogen) atoms. The zero-order valence-corrected chi connectivity index (χ0v) is 11.2. The molecule has 1 rings (SSSR count). The molecule has 0 radical (unpaired) electrons. The summed E-state index contributed by atoms with van der Waals surface area (Å²) in [7, 11) is 0. The van der Waals surface area contributed by atoms with Gasteiger partial charge in [-0.2, -0.15) is 18.4 Å². The molecule has 0 aromatic heterocycles. The molecule has 1 N–H and O–H groups in total. The molecule has 0 spiro atoms. The minimum absolute atomic E-state index is 0.158. The van der Waals surface area contributed by atoms with Gasteiger partial charge in [-0.05, 0) is 37.0 Å². The van der Waals surface area contributed by atoms with Gasteiger partial charge >= 0.3 is 6.18 Å². The SMILES string of the molecule is CC(C)(C)C1CCC(C#N)(NCC(F)(F)F)CC1. The van der Waals surface area contributed by atoms with E-state index in [1.54, 1.807) is 0 Å². The second kappa shape index (κ2) is 5.08. The molecule has 1 saturated carbocycles. The van der Waals surface area contributed by atoms with Crippen LogP contribution in [-0.2, 0) is 0 Å². The summed E-state index contributed by atoms with van der Waals surface area (Å²) in [5.41, 5.74) is -0.830. The third kappa shape index (κ3) is 4.16. The highest BCUT2D eigenvalue weighted by atomic mass is 19.4. The minimum atomic E-state index is -4.26. The predicted molar refractivity (Wildman–Crippen MR) is 63.8 cm³/mol. The molecule has 0 aromatic rings. The number of nitrogens with one attached hydrogen (secondary N) is 1. The summed E-state index contributed by atoms with van der Waals surface area (Å²) in [5.74, 6) is 0.478. The maximum absolute atomic E-state index is 12.2. The van der Waals surface area contributed by atoms with E-state index in [9.17, 15) is 13.2 Å². The third-order valence-electron chi connectivity index (χ3n) is 3.91. The first-order chi connectivity index (χ1) is 8.08. The molecular weight excluding hydrogens is 241 g/mol. The van der Waals surface area contributed by atoms with Crippen LogP contribution in [0.1, 0.15) is 46.5 Å². The van der Waals surface area contributed by atoms with Crippen LogP contribution in [0.25, 0.3) is 0 Å². The zero-order valence-electron chi connectivity index (χ0n) is 11.2. The van der Waals surface area contributed by atoms with Gasteiger partial charge in [0, 0.05) is 0 Å². The summed E-state index contributed by atoms with van der Waals surface area (Å²) < 4.78 is 36.6. The largest absolute Gasteiger partial charge is 0.401 e. The predicted octanol–water partition coefficient (Wildman–Crippen LogP) is 3.64. The lowest BCUT2D eigenvalue weighted by atomic mass is 9.67. The topological polar surface area (TPSA) is 35.8 Å². The fraction of sp³-hybridized carbons (Fsp3) is 0.923. The van der Waals surface area contributed by atoms with Crippen LogP contribution >= 0.6 is 0 Å². The summed E-state index contributed by atoms with van der Waals surface area (Å²) in [5, 5.41) is 11.6. The molecule has 0 atom stereocenters. The Morgan fingerprint density at radius 2 is 1.72 bits per heavy atom. The van der Waals surface area contributed by atoms with Crippen LogP contribution in [0.3, 0.4) is 0 Å². The van der Waals surface area contributed by atoms with Crippen molar-refractivity contribution in [2.24, 2.45) is 11.3 Å². The van der Waals surface area contributed by atoms with Crippen molar-refractivity contribution >= 4 is 0 Å². The van der Waals surface area contributed by atoms with E-state index in [-0.39, 0.29) is 5.41 Å². The van der Waals surface area contributed by atoms with Gasteiger partial charge in [0.15, 0.2) is 0 Å². The van der Waals surface area contributed by atoms with Crippen molar-refractivity contribution in [2.45, 2.75) is 58.2 Å². The molecule has 0 bridgehead atoms. The van der Waals surface area contributed by atoms with Gasteiger partial charge in [-0.15, -0.1) is 0 Å². The number of halogens is 3. The number of hydrogen-bond donors (Lipinski definition) is 1. The van der Waals surface area contributed by atoms with E-state index in [2.05, 4.69) is 32.2 Å². The van der Waals surface area contributed by atoms with Crippen molar-refractivity contribution < 1.29 is 13.2 Å². The van der Waals surface area contributed by atoms with Crippen molar-refractivity contribution in [3.05, 3.63) is 0 Å². The van der Waals surface area contributed by atoms with Crippen LogP contribution in [0.4, 0.5) is 13.2 Å². The number of nitrogens with zero attached hydrogens (tertiary/aromatic N) is 1. The van der Waals surface area contributed by atoms with Crippen molar-refractivity contribution in [3.8, 4) is 6.07 Å². The summed E-state index contributed by atoms with van der Waals surface area (Å²) in [6, 6.07) is 2.05. The van der Waals surface area contributed by atoms with Crippen LogP contribution in [-0.4, -0.2) is 18.3 Å². The molecule has 0 amide bonds. The Balaban J connectivity index is 2.59. The van der Waals surface area contributed by atoms with E-state index < -0.39 is 18.3 Å². The van der Waals surface area contributed by atoms with Gasteiger partial charge in [-0.1, -0.05) is 20.8 Å². The highest BCUT2D eigenvalue weighted by molar-refractivity contribution is 5.10. The lowest BCUT2D eigenvalue weighted by Crippen LogP contribution is -2.51. The number of alkyl halides is 3. The van der Waals surface area contributed by atoms with Gasteiger partial charge in [-0.25, -0.2) is 0 Å². The van der Waals surface area contributed by atoms with E-state index in [4.69, 9.17) is 5.26 Å². The first-order valence-electron chi connectivity index (χ1n) is 6.31. The zero-order chi connectivity index (χ0) is 14.0. The third-order valence-corrected chi connectivity index (χ3v) is 3.91. The average molecular weight is 262 g/mol. The molecule has 104 valence electrons. The highest BCUT2D eigenvalue weighted by Gasteiger charge is 2.41. The van der Waals surface area contributed by atoms with Gasteiger partial charge < -0.3 is 0 Å². The molecule has 0 saturated heterocycles. The minimum Gasteiger partial charge on any atom is -0.291 e. The molecule has 0 aromatic carbocycles. The van der Waals surface area contributed by atoms with E-state index in [1.807, 2.05) is 0 Å². The first-order valence-corrected chi connectivity index (χ1v) is 6.31. The molecule has 2 nitrogen and oxygen atoms in total. The van der Waals surface area contributed by atoms with Crippen molar-refractivity contribution in [2.75, 3.05) is 6.54 Å². The monoisotopic (exact) mass is 262 g/mol. The Kier molecular flexibility index (Phi) is 4.32.